The molecule has 1 aromatic rings. The molecule has 0 radical (unpaired) electrons. The van der Waals surface area contributed by atoms with E-state index in [0.29, 0.717) is 24.3 Å². The Morgan fingerprint density at radius 1 is 0.286 bits per heavy atom. The van der Waals surface area contributed by atoms with E-state index in [4.69, 9.17) is 9.47 Å². The van der Waals surface area contributed by atoms with Gasteiger partial charge in [0.1, 0.15) is 0 Å². The molecule has 0 N–H and O–H groups in total. The molecule has 410 valence electrons. The van der Waals surface area contributed by atoms with Gasteiger partial charge in [-0.1, -0.05) is 271 Å². The van der Waals surface area contributed by atoms with Gasteiger partial charge in [-0.2, -0.15) is 0 Å². The van der Waals surface area contributed by atoms with Crippen molar-refractivity contribution in [2.75, 3.05) is 52.5 Å². The number of hydrogen-bond acceptors (Lipinski definition) is 6. The molecule has 0 atom stereocenters. The van der Waals surface area contributed by atoms with Crippen LogP contribution in [0.5, 0.6) is 0 Å². The number of hydrogen-bond donors (Lipinski definition) is 0. The zero-order chi connectivity index (χ0) is 50.5. The quantitative estimate of drug-likeness (QED) is 0.0479. The van der Waals surface area contributed by atoms with Crippen LogP contribution in [0.4, 0.5) is 0 Å². The Balaban J connectivity index is 2.51. The van der Waals surface area contributed by atoms with E-state index < -0.39 is 11.9 Å². The van der Waals surface area contributed by atoms with E-state index in [1.54, 1.807) is 12.1 Å². The molecule has 6 heteroatoms. The van der Waals surface area contributed by atoms with E-state index in [1.807, 2.05) is 12.1 Å². The maximum Gasteiger partial charge on any atom is 0.339 e. The normalized spacial score (nSPS) is 11.6. The molecule has 0 aliphatic heterocycles. The van der Waals surface area contributed by atoms with Crippen molar-refractivity contribution in [2.24, 2.45) is 0 Å². The van der Waals surface area contributed by atoms with Crippen LogP contribution >= 0.6 is 0 Å². The summed E-state index contributed by atoms with van der Waals surface area (Å²) in [6, 6.07) is 7.03. The summed E-state index contributed by atoms with van der Waals surface area (Å²) < 4.78 is 11.6. The molecule has 0 fully saturated rings. The monoisotopic (exact) mass is 981 g/mol. The molecule has 70 heavy (non-hydrogen) atoms. The third-order valence-electron chi connectivity index (χ3n) is 14.9. The van der Waals surface area contributed by atoms with Crippen molar-refractivity contribution in [1.29, 1.82) is 0 Å². The molecule has 1 rings (SSSR count). The van der Waals surface area contributed by atoms with Crippen LogP contribution in [0.1, 0.15) is 331 Å². The summed E-state index contributed by atoms with van der Waals surface area (Å²) in [6.07, 6.45) is 58.5. The average molecular weight is 982 g/mol. The van der Waals surface area contributed by atoms with Gasteiger partial charge in [0.25, 0.3) is 0 Å². The topological polar surface area (TPSA) is 59.1 Å². The standard InChI is InChI=1S/C64H120N2O4/c1-5-9-13-17-21-25-29-33-37-43-53-65(54-44-38-34-30-26-22-18-14-10-6-2)57-47-49-59-69-63(67)61-51-41-42-52-62(61)64(68)70-60-50-48-58-66(55-45-39-35-31-27-23-19-15-11-7-3)56-46-40-36-32-28-24-20-16-12-8-4/h41-42,51-52H,5-40,43-50,53-60H2,1-4H3. The SMILES string of the molecule is CCCCCCCCCCCCN(CCCCCCCCCCCC)CCCCOC(=O)c1ccccc1C(=O)OCCCCN(CCCCCCCCCCCC)CCCCCCCCCCCC. The summed E-state index contributed by atoms with van der Waals surface area (Å²) in [5.41, 5.74) is 0.630. The van der Waals surface area contributed by atoms with Crippen molar-refractivity contribution in [1.82, 2.24) is 9.80 Å². The zero-order valence-corrected chi connectivity index (χ0v) is 47.6. The first kappa shape index (κ1) is 66.1. The van der Waals surface area contributed by atoms with Gasteiger partial charge in [0, 0.05) is 0 Å². The Hall–Kier alpha value is -1.92. The minimum Gasteiger partial charge on any atom is -0.462 e. The van der Waals surface area contributed by atoms with Gasteiger partial charge < -0.3 is 19.3 Å². The van der Waals surface area contributed by atoms with Crippen LogP contribution in [0, 0.1) is 0 Å². The fourth-order valence-electron chi connectivity index (χ4n) is 10.2. The molecule has 0 saturated heterocycles. The third kappa shape index (κ3) is 42.6. The van der Waals surface area contributed by atoms with Crippen LogP contribution in [0.15, 0.2) is 24.3 Å². The van der Waals surface area contributed by atoms with Crippen molar-refractivity contribution in [3.8, 4) is 0 Å². The van der Waals surface area contributed by atoms with Crippen LogP contribution in [0.3, 0.4) is 0 Å². The lowest BCUT2D eigenvalue weighted by Gasteiger charge is -2.22. The van der Waals surface area contributed by atoms with E-state index in [2.05, 4.69) is 37.5 Å². The lowest BCUT2D eigenvalue weighted by Crippen LogP contribution is -2.27. The number of esters is 2. The molecule has 0 aliphatic carbocycles. The Bertz CT molecular complexity index is 1100. The molecule has 1 aromatic carbocycles. The summed E-state index contributed by atoms with van der Waals surface area (Å²) in [4.78, 5) is 32.0. The van der Waals surface area contributed by atoms with Crippen molar-refractivity contribution in [2.45, 2.75) is 310 Å². The zero-order valence-electron chi connectivity index (χ0n) is 47.6. The van der Waals surface area contributed by atoms with Gasteiger partial charge in [-0.05, 0) is 103 Å². The number of carbonyl (C=O) groups excluding carboxylic acids is 2. The molecule has 0 bridgehead atoms. The second kappa shape index (κ2) is 53.4. The fourth-order valence-corrected chi connectivity index (χ4v) is 10.2. The van der Waals surface area contributed by atoms with Crippen molar-refractivity contribution in [3.05, 3.63) is 35.4 Å². The smallest absolute Gasteiger partial charge is 0.339 e. The number of nitrogens with zero attached hydrogens (tertiary/aromatic N) is 2. The van der Waals surface area contributed by atoms with Gasteiger partial charge in [0.2, 0.25) is 0 Å². The fraction of sp³-hybridized carbons (Fsp3) is 0.875. The van der Waals surface area contributed by atoms with Gasteiger partial charge in [-0.25, -0.2) is 9.59 Å². The van der Waals surface area contributed by atoms with Crippen LogP contribution < -0.4 is 0 Å². The lowest BCUT2D eigenvalue weighted by atomic mass is 10.1. The number of benzene rings is 1. The molecule has 0 spiro atoms. The highest BCUT2D eigenvalue weighted by molar-refractivity contribution is 6.03. The van der Waals surface area contributed by atoms with Crippen molar-refractivity contribution in [3.63, 3.8) is 0 Å². The van der Waals surface area contributed by atoms with Crippen molar-refractivity contribution < 1.29 is 19.1 Å². The van der Waals surface area contributed by atoms with Gasteiger partial charge >= 0.3 is 11.9 Å². The number of carbonyl (C=O) groups is 2. The van der Waals surface area contributed by atoms with Crippen LogP contribution in [-0.4, -0.2) is 74.2 Å². The van der Waals surface area contributed by atoms with Crippen LogP contribution in [-0.2, 0) is 9.47 Å². The van der Waals surface area contributed by atoms with Crippen LogP contribution in [0.2, 0.25) is 0 Å². The predicted molar refractivity (Wildman–Crippen MR) is 306 cm³/mol. The minimum atomic E-state index is -0.422. The van der Waals surface area contributed by atoms with Crippen LogP contribution in [0.25, 0.3) is 0 Å². The average Bonchev–Trinajstić information content (AvgIpc) is 3.37. The maximum absolute atomic E-state index is 13.3. The Morgan fingerprint density at radius 3 is 0.686 bits per heavy atom. The van der Waals surface area contributed by atoms with Gasteiger partial charge in [-0.3, -0.25) is 0 Å². The van der Waals surface area contributed by atoms with Gasteiger partial charge in [0.05, 0.1) is 24.3 Å². The molecule has 0 heterocycles. The number of ether oxygens (including phenoxy) is 2. The second-order valence-corrected chi connectivity index (χ2v) is 21.6. The molecule has 0 amide bonds. The highest BCUT2D eigenvalue weighted by Gasteiger charge is 2.19. The molecular formula is C64H120N2O4. The minimum absolute atomic E-state index is 0.315. The Labute approximate surface area is 437 Å². The predicted octanol–water partition coefficient (Wildman–Crippen LogP) is 19.8. The lowest BCUT2D eigenvalue weighted by molar-refractivity contribution is 0.0448. The Kier molecular flexibility index (Phi) is 50.4. The van der Waals surface area contributed by atoms with E-state index in [0.717, 1.165) is 38.8 Å². The molecule has 0 unspecified atom stereocenters. The molecule has 6 nitrogen and oxygen atoms in total. The third-order valence-corrected chi connectivity index (χ3v) is 14.9. The number of rotatable bonds is 56. The van der Waals surface area contributed by atoms with E-state index in [-0.39, 0.29) is 0 Å². The summed E-state index contributed by atoms with van der Waals surface area (Å²) >= 11 is 0. The molecule has 0 saturated carbocycles. The van der Waals surface area contributed by atoms with E-state index >= 15 is 0 Å². The molecular weight excluding hydrogens is 861 g/mol. The largest absolute Gasteiger partial charge is 0.462 e. The summed E-state index contributed by atoms with van der Waals surface area (Å²) in [6.45, 7) is 16.8. The maximum atomic E-state index is 13.3. The molecule has 0 aliphatic rings. The highest BCUT2D eigenvalue weighted by atomic mass is 16.5. The highest BCUT2D eigenvalue weighted by Crippen LogP contribution is 2.17. The van der Waals surface area contributed by atoms with Crippen molar-refractivity contribution >= 4 is 11.9 Å². The van der Waals surface area contributed by atoms with E-state index in [9.17, 15) is 9.59 Å². The Morgan fingerprint density at radius 2 is 0.471 bits per heavy atom. The summed E-state index contributed by atoms with van der Waals surface area (Å²) in [5.74, 6) is -0.843. The van der Waals surface area contributed by atoms with E-state index in [1.165, 1.54) is 283 Å². The summed E-state index contributed by atoms with van der Waals surface area (Å²) in [7, 11) is 0. The second-order valence-electron chi connectivity index (χ2n) is 21.6. The first-order chi connectivity index (χ1) is 34.6. The van der Waals surface area contributed by atoms with Gasteiger partial charge in [0.15, 0.2) is 0 Å². The molecule has 0 aromatic heterocycles. The first-order valence-electron chi connectivity index (χ1n) is 31.4. The number of unbranched alkanes of at least 4 members (excludes halogenated alkanes) is 38. The van der Waals surface area contributed by atoms with Gasteiger partial charge in [-0.15, -0.1) is 0 Å². The summed E-state index contributed by atoms with van der Waals surface area (Å²) in [5, 5.41) is 0. The first-order valence-corrected chi connectivity index (χ1v) is 31.4.